The predicted molar refractivity (Wildman–Crippen MR) is 58.1 cm³/mol. The van der Waals surface area contributed by atoms with E-state index in [0.29, 0.717) is 16.4 Å². The Morgan fingerprint density at radius 1 is 1.24 bits per heavy atom. The van der Waals surface area contributed by atoms with Crippen LogP contribution in [0.4, 0.5) is 10.5 Å². The summed E-state index contributed by atoms with van der Waals surface area (Å²) in [7, 11) is 0. The first-order valence-corrected chi connectivity index (χ1v) is 4.95. The molecule has 1 heterocycles. The van der Waals surface area contributed by atoms with Gasteiger partial charge in [0.1, 0.15) is 5.78 Å². The Kier molecular flexibility index (Phi) is 2.78. The number of ketones is 1. The molecule has 0 bridgehead atoms. The van der Waals surface area contributed by atoms with Crippen molar-refractivity contribution in [1.29, 1.82) is 0 Å². The number of nitrogens with zero attached hydrogens (tertiary/aromatic N) is 2. The van der Waals surface area contributed by atoms with Crippen LogP contribution in [0.25, 0.3) is 0 Å². The van der Waals surface area contributed by atoms with Gasteiger partial charge in [-0.05, 0) is 25.1 Å². The smallest absolute Gasteiger partial charge is 0.326 e. The van der Waals surface area contributed by atoms with Gasteiger partial charge >= 0.3 is 6.03 Å². The Morgan fingerprint density at radius 3 is 2.65 bits per heavy atom. The third kappa shape index (κ3) is 2.60. The second-order valence-electron chi connectivity index (χ2n) is 3.64. The van der Waals surface area contributed by atoms with Crippen LogP contribution >= 0.6 is 0 Å². The molecule has 0 fully saturated rings. The van der Waals surface area contributed by atoms with E-state index in [4.69, 9.17) is 0 Å². The third-order valence-electron chi connectivity index (χ3n) is 2.10. The molecule has 6 nitrogen and oxygen atoms in total. The Morgan fingerprint density at radius 2 is 1.94 bits per heavy atom. The first-order chi connectivity index (χ1) is 8.04. The lowest BCUT2D eigenvalue weighted by atomic mass is 10.2. The van der Waals surface area contributed by atoms with Crippen LogP contribution in [0.5, 0.6) is 0 Å². The summed E-state index contributed by atoms with van der Waals surface area (Å²) >= 11 is 0. The molecule has 1 N–H and O–H groups in total. The van der Waals surface area contributed by atoms with E-state index in [1.807, 2.05) is 0 Å². The van der Waals surface area contributed by atoms with Gasteiger partial charge in [0.2, 0.25) is 5.91 Å². The number of benzene rings is 1. The van der Waals surface area contributed by atoms with Crippen molar-refractivity contribution < 1.29 is 14.4 Å². The fourth-order valence-electron chi connectivity index (χ4n) is 1.45. The number of rotatable bonds is 3. The zero-order valence-electron chi connectivity index (χ0n) is 9.06. The van der Waals surface area contributed by atoms with Crippen LogP contribution in [0.1, 0.15) is 13.3 Å². The molecular weight excluding hydrogens is 222 g/mol. The van der Waals surface area contributed by atoms with Crippen LogP contribution in [0.15, 0.2) is 28.2 Å². The lowest BCUT2D eigenvalue weighted by molar-refractivity contribution is -0.124. The van der Waals surface area contributed by atoms with Crippen molar-refractivity contribution in [3.8, 4) is 0 Å². The van der Waals surface area contributed by atoms with Gasteiger partial charge < -0.3 is 5.32 Å². The highest BCUT2D eigenvalue weighted by Gasteiger charge is 2.08. The number of fused-ring (bicyclic) bond motifs is 1. The van der Waals surface area contributed by atoms with Crippen LogP contribution in [0.2, 0.25) is 0 Å². The minimum absolute atomic E-state index is 0.169. The molecule has 6 heteroatoms. The molecule has 1 aromatic carbocycles. The van der Waals surface area contributed by atoms with Crippen molar-refractivity contribution in [3.63, 3.8) is 0 Å². The normalized spacial score (nSPS) is 12.4. The zero-order chi connectivity index (χ0) is 12.4. The molecule has 0 aromatic heterocycles. The van der Waals surface area contributed by atoms with E-state index in [-0.39, 0.29) is 12.2 Å². The average molecular weight is 231 g/mol. The number of amides is 3. The second-order valence-corrected chi connectivity index (χ2v) is 3.64. The van der Waals surface area contributed by atoms with Crippen molar-refractivity contribution in [2.45, 2.75) is 13.3 Å². The van der Waals surface area contributed by atoms with E-state index in [0.717, 1.165) is 0 Å². The fourth-order valence-corrected chi connectivity index (χ4v) is 1.45. The molecule has 17 heavy (non-hydrogen) atoms. The zero-order valence-corrected chi connectivity index (χ0v) is 9.06. The molecule has 2 rings (SSSR count). The summed E-state index contributed by atoms with van der Waals surface area (Å²) in [6.45, 7) is 1.34. The van der Waals surface area contributed by atoms with Crippen molar-refractivity contribution >= 4 is 23.4 Å². The van der Waals surface area contributed by atoms with E-state index < -0.39 is 11.9 Å². The van der Waals surface area contributed by atoms with Gasteiger partial charge in [0.25, 0.3) is 0 Å². The predicted octanol–water partition coefficient (Wildman–Crippen LogP) is -0.0230. The maximum atomic E-state index is 11.3. The summed E-state index contributed by atoms with van der Waals surface area (Å²) in [5.41, 5.74) is 0.489. The highest BCUT2D eigenvalue weighted by molar-refractivity contribution is 6.03. The molecular formula is C11H9N3O3. The molecule has 86 valence electrons. The van der Waals surface area contributed by atoms with Crippen LogP contribution in [0, 0.1) is 0 Å². The van der Waals surface area contributed by atoms with Crippen LogP contribution in [-0.4, -0.2) is 17.7 Å². The van der Waals surface area contributed by atoms with Crippen molar-refractivity contribution in [2.24, 2.45) is 9.98 Å². The van der Waals surface area contributed by atoms with Crippen LogP contribution < -0.4 is 16.0 Å². The quantitative estimate of drug-likeness (QED) is 0.741. The highest BCUT2D eigenvalue weighted by atomic mass is 16.2. The van der Waals surface area contributed by atoms with Gasteiger partial charge in [-0.3, -0.25) is 9.59 Å². The van der Waals surface area contributed by atoms with Gasteiger partial charge in [-0.15, -0.1) is 0 Å². The molecule has 1 aliphatic heterocycles. The summed E-state index contributed by atoms with van der Waals surface area (Å²) in [5, 5.41) is 3.46. The molecule has 0 atom stereocenters. The summed E-state index contributed by atoms with van der Waals surface area (Å²) in [6, 6.07) is 4.19. The maximum Gasteiger partial charge on any atom is 0.368 e. The first-order valence-electron chi connectivity index (χ1n) is 4.95. The third-order valence-corrected chi connectivity index (χ3v) is 2.10. The number of carbonyl (C=O) groups excluding carboxylic acids is 3. The SMILES string of the molecule is CC(=O)CC(=O)Nc1ccc2c(c1)=NC(=O)N=2. The molecule has 0 aliphatic carbocycles. The number of Topliss-reactive ketones (excluding diaryl/α,β-unsaturated/α-hetero) is 1. The monoisotopic (exact) mass is 231 g/mol. The fraction of sp³-hybridized carbons (Fsp3) is 0.182. The molecule has 3 amide bonds. The van der Waals surface area contributed by atoms with Gasteiger partial charge in [0.05, 0.1) is 17.1 Å². The van der Waals surface area contributed by atoms with E-state index in [1.54, 1.807) is 18.2 Å². The molecule has 0 saturated heterocycles. The number of hydrogen-bond acceptors (Lipinski definition) is 3. The van der Waals surface area contributed by atoms with Gasteiger partial charge in [0, 0.05) is 5.69 Å². The Balaban J connectivity index is 2.21. The number of carbonyl (C=O) groups is 3. The van der Waals surface area contributed by atoms with Gasteiger partial charge in [-0.1, -0.05) is 0 Å². The minimum atomic E-state index is -0.549. The Bertz CT molecular complexity index is 634. The Hall–Kier alpha value is -2.37. The summed E-state index contributed by atoms with van der Waals surface area (Å²) < 4.78 is 0. The summed E-state index contributed by atoms with van der Waals surface area (Å²) in [5.74, 6) is -0.600. The standard InChI is InChI=1S/C11H9N3O3/c1-6(15)4-10(16)12-7-2-3-8-9(5-7)14-11(17)13-8/h2-3,5H,4H2,1H3,(H,12,16). The molecule has 0 unspecified atom stereocenters. The largest absolute Gasteiger partial charge is 0.368 e. The lowest BCUT2D eigenvalue weighted by Gasteiger charge is -2.02. The van der Waals surface area contributed by atoms with E-state index in [9.17, 15) is 14.4 Å². The van der Waals surface area contributed by atoms with Crippen LogP contribution in [0.3, 0.4) is 0 Å². The number of anilines is 1. The van der Waals surface area contributed by atoms with Crippen molar-refractivity contribution in [1.82, 2.24) is 0 Å². The van der Waals surface area contributed by atoms with E-state index in [1.165, 1.54) is 6.92 Å². The molecule has 1 aliphatic rings. The Labute approximate surface area is 96.1 Å². The average Bonchev–Trinajstić information content (AvgIpc) is 2.55. The molecule has 1 aromatic rings. The maximum absolute atomic E-state index is 11.3. The molecule has 0 spiro atoms. The van der Waals surface area contributed by atoms with Crippen molar-refractivity contribution in [2.75, 3.05) is 5.32 Å². The first kappa shape index (κ1) is 11.1. The summed E-state index contributed by atoms with van der Waals surface area (Å²) in [4.78, 5) is 40.3. The number of hydrogen-bond donors (Lipinski definition) is 1. The van der Waals surface area contributed by atoms with Crippen LogP contribution in [-0.2, 0) is 9.59 Å². The topological polar surface area (TPSA) is 88.0 Å². The number of urea groups is 1. The van der Waals surface area contributed by atoms with Gasteiger partial charge in [0.15, 0.2) is 0 Å². The highest BCUT2D eigenvalue weighted by Crippen LogP contribution is 2.02. The second kappa shape index (κ2) is 4.25. The summed E-state index contributed by atoms with van der Waals surface area (Å²) in [6.07, 6.45) is -0.169. The molecule has 0 saturated carbocycles. The number of nitrogens with one attached hydrogen (secondary N) is 1. The van der Waals surface area contributed by atoms with Gasteiger partial charge in [-0.2, -0.15) is 9.98 Å². The lowest BCUT2D eigenvalue weighted by Crippen LogP contribution is -2.23. The minimum Gasteiger partial charge on any atom is -0.326 e. The van der Waals surface area contributed by atoms with Gasteiger partial charge in [-0.25, -0.2) is 4.79 Å². The van der Waals surface area contributed by atoms with E-state index >= 15 is 0 Å². The van der Waals surface area contributed by atoms with E-state index in [2.05, 4.69) is 15.3 Å². The van der Waals surface area contributed by atoms with Crippen molar-refractivity contribution in [3.05, 3.63) is 28.9 Å². The molecule has 0 radical (unpaired) electrons.